The van der Waals surface area contributed by atoms with Crippen molar-refractivity contribution < 1.29 is 9.84 Å². The molecule has 8 heteroatoms. The fourth-order valence-corrected chi connectivity index (χ4v) is 1.44. The lowest BCUT2D eigenvalue weighted by Crippen LogP contribution is -2.19. The van der Waals surface area contributed by atoms with Crippen LogP contribution in [0.1, 0.15) is 6.42 Å². The Hall–Kier alpha value is -1.80. The van der Waals surface area contributed by atoms with Gasteiger partial charge in [-0.25, -0.2) is 0 Å². The third-order valence-corrected chi connectivity index (χ3v) is 2.25. The van der Waals surface area contributed by atoms with E-state index in [0.717, 1.165) is 0 Å². The van der Waals surface area contributed by atoms with Gasteiger partial charge in [0.05, 0.1) is 25.1 Å². The summed E-state index contributed by atoms with van der Waals surface area (Å²) in [7, 11) is 1.56. The zero-order valence-electron chi connectivity index (χ0n) is 9.44. The summed E-state index contributed by atoms with van der Waals surface area (Å²) in [5.74, 6) is 0.692. The highest BCUT2D eigenvalue weighted by Crippen LogP contribution is 2.05. The van der Waals surface area contributed by atoms with Crippen molar-refractivity contribution in [3.8, 4) is 0 Å². The van der Waals surface area contributed by atoms with Crippen LogP contribution in [0.25, 0.3) is 5.65 Å². The Morgan fingerprint density at radius 2 is 2.41 bits per heavy atom. The Bertz CT molecular complexity index is 473. The van der Waals surface area contributed by atoms with Crippen LogP contribution in [0.15, 0.2) is 12.4 Å². The number of methoxy groups -OCH3 is 1. The van der Waals surface area contributed by atoms with E-state index in [0.29, 0.717) is 31.0 Å². The normalized spacial score (nSPS) is 12.8. The van der Waals surface area contributed by atoms with Crippen molar-refractivity contribution in [3.05, 3.63) is 12.4 Å². The van der Waals surface area contributed by atoms with E-state index in [1.165, 1.54) is 0 Å². The van der Waals surface area contributed by atoms with Crippen molar-refractivity contribution in [2.45, 2.75) is 12.5 Å². The van der Waals surface area contributed by atoms with Crippen molar-refractivity contribution in [2.75, 3.05) is 25.6 Å². The Morgan fingerprint density at radius 1 is 1.53 bits per heavy atom. The van der Waals surface area contributed by atoms with E-state index in [2.05, 4.69) is 25.8 Å². The molecule has 2 aromatic heterocycles. The maximum absolute atomic E-state index is 9.47. The van der Waals surface area contributed by atoms with Gasteiger partial charge in [-0.1, -0.05) is 0 Å². The van der Waals surface area contributed by atoms with Crippen molar-refractivity contribution in [2.24, 2.45) is 0 Å². The molecule has 0 radical (unpaired) electrons. The monoisotopic (exact) mass is 238 g/mol. The first-order chi connectivity index (χ1) is 8.31. The number of nitrogens with one attached hydrogen (secondary N) is 1. The third kappa shape index (κ3) is 2.86. The van der Waals surface area contributed by atoms with Gasteiger partial charge >= 0.3 is 0 Å². The molecule has 0 fully saturated rings. The van der Waals surface area contributed by atoms with E-state index in [1.807, 2.05) is 0 Å². The van der Waals surface area contributed by atoms with Crippen LogP contribution in [-0.4, -0.2) is 56.5 Å². The highest BCUT2D eigenvalue weighted by atomic mass is 16.5. The molecule has 0 aromatic carbocycles. The largest absolute Gasteiger partial charge is 0.391 e. The van der Waals surface area contributed by atoms with Gasteiger partial charge in [0.25, 0.3) is 0 Å². The molecule has 0 saturated carbocycles. The topological polar surface area (TPSA) is 97.5 Å². The van der Waals surface area contributed by atoms with E-state index in [-0.39, 0.29) is 0 Å². The molecule has 2 N–H and O–H groups in total. The summed E-state index contributed by atoms with van der Waals surface area (Å²) in [5.41, 5.74) is 0.576. The average Bonchev–Trinajstić information content (AvgIpc) is 2.78. The minimum Gasteiger partial charge on any atom is -0.391 e. The number of rotatable bonds is 6. The highest BCUT2D eigenvalue weighted by molar-refractivity contribution is 5.43. The van der Waals surface area contributed by atoms with E-state index in [9.17, 15) is 5.11 Å². The molecule has 0 amide bonds. The van der Waals surface area contributed by atoms with E-state index in [1.54, 1.807) is 24.0 Å². The number of hydrogen-bond donors (Lipinski definition) is 2. The van der Waals surface area contributed by atoms with Gasteiger partial charge in [0, 0.05) is 13.7 Å². The van der Waals surface area contributed by atoms with Gasteiger partial charge in [0.15, 0.2) is 5.65 Å². The van der Waals surface area contributed by atoms with E-state index >= 15 is 0 Å². The highest BCUT2D eigenvalue weighted by Gasteiger charge is 2.05. The summed E-state index contributed by atoms with van der Waals surface area (Å²) in [6, 6.07) is 0. The maximum Gasteiger partial charge on any atom is 0.199 e. The molecule has 1 unspecified atom stereocenters. The fraction of sp³-hybridized carbons (Fsp3) is 0.556. The number of nitrogens with zero attached hydrogens (tertiary/aromatic N) is 5. The Morgan fingerprint density at radius 3 is 3.24 bits per heavy atom. The molecule has 2 heterocycles. The van der Waals surface area contributed by atoms with Gasteiger partial charge in [-0.2, -0.15) is 4.52 Å². The lowest BCUT2D eigenvalue weighted by atomic mass is 10.3. The molecule has 0 aliphatic rings. The molecule has 8 nitrogen and oxygen atoms in total. The van der Waals surface area contributed by atoms with Gasteiger partial charge in [-0.3, -0.25) is 4.98 Å². The predicted octanol–water partition coefficient (Wildman–Crippen LogP) is -0.671. The van der Waals surface area contributed by atoms with Crippen LogP contribution < -0.4 is 5.32 Å². The molecule has 0 bridgehead atoms. The molecule has 1 atom stereocenters. The second-order valence-corrected chi connectivity index (χ2v) is 3.57. The van der Waals surface area contributed by atoms with Crippen LogP contribution in [-0.2, 0) is 4.74 Å². The first-order valence-electron chi connectivity index (χ1n) is 5.24. The first-order valence-corrected chi connectivity index (χ1v) is 5.24. The smallest absolute Gasteiger partial charge is 0.199 e. The quantitative estimate of drug-likeness (QED) is 0.688. The number of aliphatic hydroxyl groups excluding tert-OH is 1. The second kappa shape index (κ2) is 5.51. The molecule has 17 heavy (non-hydrogen) atoms. The standard InChI is InChI=1S/C9H14N6O2/c1-17-6-7(16)2-3-11-8-4-10-5-9-12-13-14-15(8)9/h4-5,7,11,16H,2-3,6H2,1H3. The SMILES string of the molecule is COCC(O)CCNc1cncc2nnnn12. The van der Waals surface area contributed by atoms with E-state index in [4.69, 9.17) is 4.74 Å². The molecule has 0 spiro atoms. The maximum atomic E-state index is 9.47. The Kier molecular flexibility index (Phi) is 3.78. The number of fused-ring (bicyclic) bond motifs is 1. The summed E-state index contributed by atoms with van der Waals surface area (Å²) in [6.07, 6.45) is 3.30. The fourth-order valence-electron chi connectivity index (χ4n) is 1.44. The van der Waals surface area contributed by atoms with Gasteiger partial charge in [-0.05, 0) is 16.8 Å². The third-order valence-electron chi connectivity index (χ3n) is 2.25. The summed E-state index contributed by atoms with van der Waals surface area (Å²) in [4.78, 5) is 4.01. The molecule has 92 valence electrons. The number of ether oxygens (including phenoxy) is 1. The molecule has 0 saturated heterocycles. The Labute approximate surface area is 97.6 Å². The zero-order valence-corrected chi connectivity index (χ0v) is 9.44. The number of aromatic nitrogens is 5. The molecular formula is C9H14N6O2. The van der Waals surface area contributed by atoms with Gasteiger partial charge < -0.3 is 15.2 Å². The number of aliphatic hydroxyl groups is 1. The zero-order chi connectivity index (χ0) is 12.1. The summed E-state index contributed by atoms with van der Waals surface area (Å²) in [5, 5.41) is 23.7. The van der Waals surface area contributed by atoms with Crippen molar-refractivity contribution in [1.29, 1.82) is 0 Å². The van der Waals surface area contributed by atoms with Crippen LogP contribution in [0.3, 0.4) is 0 Å². The Balaban J connectivity index is 1.92. The van der Waals surface area contributed by atoms with Crippen molar-refractivity contribution in [3.63, 3.8) is 0 Å². The minimum absolute atomic E-state index is 0.328. The van der Waals surface area contributed by atoms with Crippen molar-refractivity contribution in [1.82, 2.24) is 25.0 Å². The van der Waals surface area contributed by atoms with Crippen molar-refractivity contribution >= 4 is 11.5 Å². The van der Waals surface area contributed by atoms with Gasteiger partial charge in [0.2, 0.25) is 0 Å². The van der Waals surface area contributed by atoms with E-state index < -0.39 is 6.10 Å². The first kappa shape index (κ1) is 11.7. The van der Waals surface area contributed by atoms with Crippen LogP contribution in [0.4, 0.5) is 5.82 Å². The lowest BCUT2D eigenvalue weighted by Gasteiger charge is -2.10. The minimum atomic E-state index is -0.478. The summed E-state index contributed by atoms with van der Waals surface area (Å²) >= 11 is 0. The predicted molar refractivity (Wildman–Crippen MR) is 59.6 cm³/mol. The number of tetrazole rings is 1. The number of anilines is 1. The molecule has 2 aromatic rings. The van der Waals surface area contributed by atoms with Gasteiger partial charge in [0.1, 0.15) is 5.82 Å². The summed E-state index contributed by atoms with van der Waals surface area (Å²) in [6.45, 7) is 0.917. The average molecular weight is 238 g/mol. The molecular weight excluding hydrogens is 224 g/mol. The molecule has 2 rings (SSSR count). The lowest BCUT2D eigenvalue weighted by molar-refractivity contribution is 0.0615. The number of hydrogen-bond acceptors (Lipinski definition) is 7. The van der Waals surface area contributed by atoms with Gasteiger partial charge in [-0.15, -0.1) is 5.10 Å². The second-order valence-electron chi connectivity index (χ2n) is 3.57. The van der Waals surface area contributed by atoms with Crippen LogP contribution in [0.2, 0.25) is 0 Å². The van der Waals surface area contributed by atoms with Crippen LogP contribution >= 0.6 is 0 Å². The van der Waals surface area contributed by atoms with Crippen LogP contribution in [0, 0.1) is 0 Å². The summed E-state index contributed by atoms with van der Waals surface area (Å²) < 4.78 is 6.39. The molecule has 0 aliphatic carbocycles. The molecule has 0 aliphatic heterocycles. The van der Waals surface area contributed by atoms with Crippen LogP contribution in [0.5, 0.6) is 0 Å².